The van der Waals surface area contributed by atoms with Crippen LogP contribution >= 0.6 is 39.3 Å². The van der Waals surface area contributed by atoms with Gasteiger partial charge in [-0.15, -0.1) is 5.10 Å². The van der Waals surface area contributed by atoms with Gasteiger partial charge in [0.25, 0.3) is 5.91 Å². The molecule has 0 radical (unpaired) electrons. The Kier molecular flexibility index (Phi) is 7.42. The molecule has 188 valence electrons. The predicted molar refractivity (Wildman–Crippen MR) is 154 cm³/mol. The average molecular weight is 595 g/mol. The van der Waals surface area contributed by atoms with Gasteiger partial charge in [0, 0.05) is 26.6 Å². The number of hydrogen-bond acceptors (Lipinski definition) is 5. The number of rotatable bonds is 6. The van der Waals surface area contributed by atoms with Gasteiger partial charge in [0.05, 0.1) is 5.57 Å². The van der Waals surface area contributed by atoms with Gasteiger partial charge in [-0.1, -0.05) is 81.3 Å². The van der Waals surface area contributed by atoms with Crippen molar-refractivity contribution in [2.45, 2.75) is 37.7 Å². The average Bonchev–Trinajstić information content (AvgIpc) is 3.26. The number of anilines is 2. The van der Waals surface area contributed by atoms with E-state index in [1.54, 1.807) is 4.68 Å². The summed E-state index contributed by atoms with van der Waals surface area (Å²) < 4.78 is 2.72. The molecule has 3 aromatic carbocycles. The van der Waals surface area contributed by atoms with Crippen molar-refractivity contribution >= 4 is 56.8 Å². The number of carbonyl (C=O) groups excluding carboxylic acids is 1. The zero-order valence-electron chi connectivity index (χ0n) is 20.5. The number of nitrogens with zero attached hydrogens (tertiary/aromatic N) is 3. The van der Waals surface area contributed by atoms with Gasteiger partial charge in [-0.2, -0.15) is 4.98 Å². The fraction of sp³-hybridized carbons (Fsp3) is 0.179. The third-order valence-corrected chi connectivity index (χ3v) is 7.77. The van der Waals surface area contributed by atoms with Gasteiger partial charge in [-0.05, 0) is 67.8 Å². The van der Waals surface area contributed by atoms with E-state index in [9.17, 15) is 4.79 Å². The van der Waals surface area contributed by atoms with Gasteiger partial charge in [0.15, 0.2) is 0 Å². The van der Waals surface area contributed by atoms with Crippen LogP contribution in [0.25, 0.3) is 0 Å². The number of aryl methyl sites for hydroxylation is 2. The van der Waals surface area contributed by atoms with Gasteiger partial charge < -0.3 is 10.6 Å². The summed E-state index contributed by atoms with van der Waals surface area (Å²) in [6, 6.07) is 21.2. The van der Waals surface area contributed by atoms with E-state index < -0.39 is 6.04 Å². The molecular weight excluding hydrogens is 570 g/mol. The first-order valence-electron chi connectivity index (χ1n) is 11.7. The van der Waals surface area contributed by atoms with E-state index >= 15 is 0 Å². The Morgan fingerprint density at radius 1 is 1.11 bits per heavy atom. The van der Waals surface area contributed by atoms with Crippen molar-refractivity contribution in [3.05, 3.63) is 110 Å². The van der Waals surface area contributed by atoms with Crippen molar-refractivity contribution in [3.63, 3.8) is 0 Å². The summed E-state index contributed by atoms with van der Waals surface area (Å²) in [5.41, 5.74) is 6.28. The van der Waals surface area contributed by atoms with Crippen LogP contribution in [0.3, 0.4) is 0 Å². The maximum absolute atomic E-state index is 13.7. The summed E-state index contributed by atoms with van der Waals surface area (Å²) in [5.74, 6) is 1.09. The molecule has 37 heavy (non-hydrogen) atoms. The van der Waals surface area contributed by atoms with Crippen LogP contribution in [0.2, 0.25) is 5.02 Å². The van der Waals surface area contributed by atoms with Crippen molar-refractivity contribution in [1.29, 1.82) is 0 Å². The fourth-order valence-corrected chi connectivity index (χ4v) is 5.79. The smallest absolute Gasteiger partial charge is 0.255 e. The van der Waals surface area contributed by atoms with E-state index in [2.05, 4.69) is 32.6 Å². The molecule has 0 fully saturated rings. The SMILES string of the molecule is CC1=C(C(=O)Nc2ccc(C)cc2C)C(c2cccc(Br)c2)n2nc(SCc3cccc(Cl)c3)nc2N1. The molecule has 1 amide bonds. The van der Waals surface area contributed by atoms with Gasteiger partial charge in [0.1, 0.15) is 6.04 Å². The van der Waals surface area contributed by atoms with E-state index in [1.165, 1.54) is 11.8 Å². The van der Waals surface area contributed by atoms with E-state index in [4.69, 9.17) is 21.7 Å². The topological polar surface area (TPSA) is 71.8 Å². The molecule has 0 saturated heterocycles. The molecule has 1 atom stereocenters. The minimum absolute atomic E-state index is 0.184. The minimum atomic E-state index is -0.451. The van der Waals surface area contributed by atoms with Crippen LogP contribution in [0.1, 0.15) is 35.2 Å². The van der Waals surface area contributed by atoms with Crippen LogP contribution in [-0.4, -0.2) is 20.7 Å². The summed E-state index contributed by atoms with van der Waals surface area (Å²) in [6.45, 7) is 5.93. The van der Waals surface area contributed by atoms with Gasteiger partial charge in [-0.25, -0.2) is 4.68 Å². The molecule has 2 heterocycles. The number of carbonyl (C=O) groups is 1. The van der Waals surface area contributed by atoms with Gasteiger partial charge in [-0.3, -0.25) is 4.79 Å². The van der Waals surface area contributed by atoms with E-state index in [-0.39, 0.29) is 5.91 Å². The van der Waals surface area contributed by atoms with Gasteiger partial charge >= 0.3 is 0 Å². The van der Waals surface area contributed by atoms with Crippen LogP contribution in [0.15, 0.2) is 87.6 Å². The number of halogens is 2. The van der Waals surface area contributed by atoms with Crippen LogP contribution < -0.4 is 10.6 Å². The first kappa shape index (κ1) is 25.6. The Balaban J connectivity index is 1.50. The first-order valence-corrected chi connectivity index (χ1v) is 13.9. The number of aromatic nitrogens is 3. The number of benzene rings is 3. The quantitative estimate of drug-likeness (QED) is 0.226. The van der Waals surface area contributed by atoms with E-state index in [1.807, 2.05) is 81.4 Å². The lowest BCUT2D eigenvalue weighted by molar-refractivity contribution is -0.113. The highest BCUT2D eigenvalue weighted by Crippen LogP contribution is 2.38. The van der Waals surface area contributed by atoms with Crippen molar-refractivity contribution in [2.75, 3.05) is 10.6 Å². The van der Waals surface area contributed by atoms with Crippen LogP contribution in [0.4, 0.5) is 11.6 Å². The predicted octanol–water partition coefficient (Wildman–Crippen LogP) is 7.53. The van der Waals surface area contributed by atoms with E-state index in [0.29, 0.717) is 27.5 Å². The molecule has 9 heteroatoms. The van der Waals surface area contributed by atoms with Crippen molar-refractivity contribution in [3.8, 4) is 0 Å². The van der Waals surface area contributed by atoms with Crippen LogP contribution in [0, 0.1) is 13.8 Å². The van der Waals surface area contributed by atoms with E-state index in [0.717, 1.165) is 38.1 Å². The summed E-state index contributed by atoms with van der Waals surface area (Å²) in [5, 5.41) is 12.6. The number of amides is 1. The maximum Gasteiger partial charge on any atom is 0.255 e. The largest absolute Gasteiger partial charge is 0.328 e. The first-order chi connectivity index (χ1) is 17.8. The fourth-order valence-electron chi connectivity index (χ4n) is 4.39. The third kappa shape index (κ3) is 5.61. The zero-order chi connectivity index (χ0) is 26.1. The monoisotopic (exact) mass is 593 g/mol. The molecule has 2 N–H and O–H groups in total. The number of thioether (sulfide) groups is 1. The normalized spacial score (nSPS) is 14.8. The standard InChI is InChI=1S/C28H25BrClN5OS/c1-16-10-11-23(17(2)12-16)32-26(36)24-18(3)31-27-33-28(37-15-19-6-4-9-22(30)13-19)34-35(27)25(24)20-7-5-8-21(29)14-20/h4-14,25H,15H2,1-3H3,(H,32,36)(H,31,33,34). The summed E-state index contributed by atoms with van der Waals surface area (Å²) >= 11 is 11.2. The second kappa shape index (κ2) is 10.7. The molecule has 1 aliphatic heterocycles. The lowest BCUT2D eigenvalue weighted by atomic mass is 9.95. The molecule has 5 rings (SSSR count). The molecule has 0 aliphatic carbocycles. The Morgan fingerprint density at radius 2 is 1.92 bits per heavy atom. The molecule has 0 saturated carbocycles. The van der Waals surface area contributed by atoms with Crippen LogP contribution in [-0.2, 0) is 10.5 Å². The molecule has 1 aliphatic rings. The minimum Gasteiger partial charge on any atom is -0.328 e. The molecule has 0 spiro atoms. The molecule has 6 nitrogen and oxygen atoms in total. The lowest BCUT2D eigenvalue weighted by Gasteiger charge is -2.29. The maximum atomic E-state index is 13.7. The lowest BCUT2D eigenvalue weighted by Crippen LogP contribution is -2.31. The second-order valence-corrected chi connectivity index (χ2v) is 11.3. The highest BCUT2D eigenvalue weighted by atomic mass is 79.9. The number of nitrogens with one attached hydrogen (secondary N) is 2. The molecule has 4 aromatic rings. The third-order valence-electron chi connectivity index (χ3n) is 6.13. The second-order valence-electron chi connectivity index (χ2n) is 8.97. The highest BCUT2D eigenvalue weighted by Gasteiger charge is 2.34. The number of hydrogen-bond donors (Lipinski definition) is 2. The summed E-state index contributed by atoms with van der Waals surface area (Å²) in [6.07, 6.45) is 0. The molecule has 1 aromatic heterocycles. The zero-order valence-corrected chi connectivity index (χ0v) is 23.7. The van der Waals surface area contributed by atoms with Gasteiger partial charge in [0.2, 0.25) is 11.1 Å². The van der Waals surface area contributed by atoms with Crippen molar-refractivity contribution in [2.24, 2.45) is 0 Å². The molecular formula is C28H25BrClN5OS. The number of fused-ring (bicyclic) bond motifs is 1. The number of allylic oxidation sites excluding steroid dienone is 1. The Labute approximate surface area is 233 Å². The highest BCUT2D eigenvalue weighted by molar-refractivity contribution is 9.10. The van der Waals surface area contributed by atoms with Crippen LogP contribution in [0.5, 0.6) is 0 Å². The Bertz CT molecular complexity index is 1530. The molecule has 0 bridgehead atoms. The van der Waals surface area contributed by atoms with Crippen molar-refractivity contribution in [1.82, 2.24) is 14.8 Å². The van der Waals surface area contributed by atoms with Crippen molar-refractivity contribution < 1.29 is 4.79 Å². The molecule has 1 unspecified atom stereocenters. The summed E-state index contributed by atoms with van der Waals surface area (Å²) in [4.78, 5) is 18.5. The Morgan fingerprint density at radius 3 is 2.68 bits per heavy atom. The Hall–Kier alpha value is -3.07. The summed E-state index contributed by atoms with van der Waals surface area (Å²) in [7, 11) is 0.